The van der Waals surface area contributed by atoms with Crippen molar-refractivity contribution in [1.82, 2.24) is 0 Å². The number of carbonyl (C=O) groups excluding carboxylic acids is 1. The molecule has 0 unspecified atom stereocenters. The molecule has 1 aliphatic carbocycles. The van der Waals surface area contributed by atoms with Gasteiger partial charge in [0.2, 0.25) is 0 Å². The van der Waals surface area contributed by atoms with Crippen LogP contribution in [0.5, 0.6) is 11.5 Å². The van der Waals surface area contributed by atoms with Crippen LogP contribution in [-0.2, 0) is 4.79 Å². The van der Waals surface area contributed by atoms with Crippen molar-refractivity contribution >= 4 is 5.97 Å². The van der Waals surface area contributed by atoms with Crippen molar-refractivity contribution in [3.63, 3.8) is 0 Å². The minimum atomic E-state index is -4.73. The fraction of sp³-hybridized carbons (Fsp3) is 0.611. The zero-order valence-corrected chi connectivity index (χ0v) is 13.8. The van der Waals surface area contributed by atoms with Crippen LogP contribution >= 0.6 is 0 Å². The lowest BCUT2D eigenvalue weighted by atomic mass is 9.80. The number of rotatable bonds is 6. The second-order valence-corrected chi connectivity index (χ2v) is 6.30. The molecule has 1 aliphatic rings. The molecule has 24 heavy (non-hydrogen) atoms. The Hall–Kier alpha value is -1.72. The Morgan fingerprint density at radius 2 is 1.67 bits per heavy atom. The lowest BCUT2D eigenvalue weighted by Crippen LogP contribution is -2.25. The van der Waals surface area contributed by atoms with E-state index in [1.807, 2.05) is 0 Å². The first-order valence-corrected chi connectivity index (χ1v) is 8.45. The Morgan fingerprint density at radius 1 is 1.08 bits per heavy atom. The lowest BCUT2D eigenvalue weighted by molar-refractivity contribution is -0.274. The van der Waals surface area contributed by atoms with Crippen LogP contribution in [0, 0.1) is 11.8 Å². The van der Waals surface area contributed by atoms with Crippen LogP contribution in [0.1, 0.15) is 51.9 Å². The fourth-order valence-electron chi connectivity index (χ4n) is 3.09. The third-order valence-corrected chi connectivity index (χ3v) is 4.42. The standard InChI is InChI=1S/C18H23F3O3/c1-2-3-4-13-5-7-14(8-6-13)17(22)23-15-9-11-16(12-10-15)24-18(19,20)21/h9-14H,2-8H2,1H3/t13-,14-. The van der Waals surface area contributed by atoms with Crippen molar-refractivity contribution in [2.45, 2.75) is 58.2 Å². The van der Waals surface area contributed by atoms with Crippen molar-refractivity contribution in [3.8, 4) is 11.5 Å². The van der Waals surface area contributed by atoms with Gasteiger partial charge in [0, 0.05) is 0 Å². The molecule has 3 nitrogen and oxygen atoms in total. The molecule has 0 aliphatic heterocycles. The topological polar surface area (TPSA) is 35.5 Å². The number of esters is 1. The third kappa shape index (κ3) is 6.06. The minimum absolute atomic E-state index is 0.117. The first-order chi connectivity index (χ1) is 11.4. The summed E-state index contributed by atoms with van der Waals surface area (Å²) in [4.78, 5) is 12.2. The average molecular weight is 344 g/mol. The zero-order valence-electron chi connectivity index (χ0n) is 13.8. The zero-order chi connectivity index (χ0) is 17.6. The molecule has 1 saturated carbocycles. The third-order valence-electron chi connectivity index (χ3n) is 4.42. The molecule has 0 spiro atoms. The normalized spacial score (nSPS) is 21.3. The summed E-state index contributed by atoms with van der Waals surface area (Å²) in [6.45, 7) is 2.17. The summed E-state index contributed by atoms with van der Waals surface area (Å²) in [5, 5.41) is 0. The molecule has 1 fully saturated rings. The van der Waals surface area contributed by atoms with Crippen molar-refractivity contribution in [3.05, 3.63) is 24.3 Å². The van der Waals surface area contributed by atoms with E-state index in [0.29, 0.717) is 5.92 Å². The van der Waals surface area contributed by atoms with E-state index in [9.17, 15) is 18.0 Å². The minimum Gasteiger partial charge on any atom is -0.426 e. The maximum atomic E-state index is 12.2. The summed E-state index contributed by atoms with van der Waals surface area (Å²) >= 11 is 0. The first-order valence-electron chi connectivity index (χ1n) is 8.45. The second-order valence-electron chi connectivity index (χ2n) is 6.30. The number of benzene rings is 1. The van der Waals surface area contributed by atoms with Gasteiger partial charge in [0.1, 0.15) is 11.5 Å². The molecular formula is C18H23F3O3. The van der Waals surface area contributed by atoms with E-state index in [4.69, 9.17) is 4.74 Å². The van der Waals surface area contributed by atoms with Gasteiger partial charge in [0.25, 0.3) is 0 Å². The Kier molecular flexibility index (Phi) is 6.52. The number of unbranched alkanes of at least 4 members (excludes halogenated alkanes) is 1. The molecule has 0 N–H and O–H groups in total. The molecular weight excluding hydrogens is 321 g/mol. The van der Waals surface area contributed by atoms with E-state index < -0.39 is 6.36 Å². The van der Waals surface area contributed by atoms with Crippen LogP contribution in [0.3, 0.4) is 0 Å². The van der Waals surface area contributed by atoms with Gasteiger partial charge in [-0.25, -0.2) is 0 Å². The number of hydrogen-bond acceptors (Lipinski definition) is 3. The second kappa shape index (κ2) is 8.40. The van der Waals surface area contributed by atoms with Crippen molar-refractivity contribution < 1.29 is 27.4 Å². The predicted molar refractivity (Wildman–Crippen MR) is 83.7 cm³/mol. The summed E-state index contributed by atoms with van der Waals surface area (Å²) < 4.78 is 45.4. The number of halogens is 3. The Morgan fingerprint density at radius 3 is 2.21 bits per heavy atom. The molecule has 0 bridgehead atoms. The van der Waals surface area contributed by atoms with Crippen LogP contribution in [0.25, 0.3) is 0 Å². The van der Waals surface area contributed by atoms with E-state index in [2.05, 4.69) is 11.7 Å². The molecule has 0 saturated heterocycles. The van der Waals surface area contributed by atoms with E-state index in [-0.39, 0.29) is 23.4 Å². The van der Waals surface area contributed by atoms with Crippen molar-refractivity contribution in [1.29, 1.82) is 0 Å². The summed E-state index contributed by atoms with van der Waals surface area (Å²) in [5.41, 5.74) is 0. The average Bonchev–Trinajstić information content (AvgIpc) is 2.54. The van der Waals surface area contributed by atoms with Gasteiger partial charge in [0.15, 0.2) is 0 Å². The van der Waals surface area contributed by atoms with Gasteiger partial charge in [-0.05, 0) is 55.9 Å². The monoisotopic (exact) mass is 344 g/mol. The van der Waals surface area contributed by atoms with Gasteiger partial charge < -0.3 is 9.47 Å². The van der Waals surface area contributed by atoms with Crippen LogP contribution in [0.15, 0.2) is 24.3 Å². The molecule has 0 radical (unpaired) electrons. The maximum Gasteiger partial charge on any atom is 0.573 e. The maximum absolute atomic E-state index is 12.2. The predicted octanol–water partition coefficient (Wildman–Crippen LogP) is 5.49. The van der Waals surface area contributed by atoms with Crippen LogP contribution < -0.4 is 9.47 Å². The molecule has 0 atom stereocenters. The van der Waals surface area contributed by atoms with E-state index in [1.165, 1.54) is 31.4 Å². The quantitative estimate of drug-likeness (QED) is 0.506. The molecule has 0 amide bonds. The van der Waals surface area contributed by atoms with Gasteiger partial charge in [0.05, 0.1) is 5.92 Å². The summed E-state index contributed by atoms with van der Waals surface area (Å²) in [6.07, 6.45) is 2.64. The SMILES string of the molecule is CCCC[C@H]1CC[C@H](C(=O)Oc2ccc(OC(F)(F)F)cc2)CC1. The number of carbonyl (C=O) groups is 1. The van der Waals surface area contributed by atoms with Crippen LogP contribution in [-0.4, -0.2) is 12.3 Å². The Labute approximate surface area is 140 Å². The Bertz CT molecular complexity index is 517. The van der Waals surface area contributed by atoms with Gasteiger partial charge in [-0.2, -0.15) is 0 Å². The van der Waals surface area contributed by atoms with Crippen LogP contribution in [0.4, 0.5) is 13.2 Å². The molecule has 0 heterocycles. The Balaban J connectivity index is 1.80. The van der Waals surface area contributed by atoms with Gasteiger partial charge in [-0.15, -0.1) is 13.2 Å². The first kappa shape index (κ1) is 18.6. The highest BCUT2D eigenvalue weighted by atomic mass is 19.4. The van der Waals surface area contributed by atoms with Crippen LogP contribution in [0.2, 0.25) is 0 Å². The molecule has 1 aromatic rings. The molecule has 0 aromatic heterocycles. The fourth-order valence-corrected chi connectivity index (χ4v) is 3.09. The summed E-state index contributed by atoms with van der Waals surface area (Å²) in [5.74, 6) is 0.191. The molecule has 6 heteroatoms. The largest absolute Gasteiger partial charge is 0.573 e. The van der Waals surface area contributed by atoms with Crippen molar-refractivity contribution in [2.24, 2.45) is 11.8 Å². The van der Waals surface area contributed by atoms with Gasteiger partial charge >= 0.3 is 12.3 Å². The molecule has 134 valence electrons. The highest BCUT2D eigenvalue weighted by molar-refractivity contribution is 5.75. The lowest BCUT2D eigenvalue weighted by Gasteiger charge is -2.27. The van der Waals surface area contributed by atoms with E-state index in [1.54, 1.807) is 0 Å². The van der Waals surface area contributed by atoms with Gasteiger partial charge in [-0.3, -0.25) is 4.79 Å². The molecule has 1 aromatic carbocycles. The summed E-state index contributed by atoms with van der Waals surface area (Å²) in [7, 11) is 0. The number of hydrogen-bond donors (Lipinski definition) is 0. The van der Waals surface area contributed by atoms with E-state index >= 15 is 0 Å². The van der Waals surface area contributed by atoms with Gasteiger partial charge in [-0.1, -0.05) is 26.2 Å². The highest BCUT2D eigenvalue weighted by Crippen LogP contribution is 2.33. The number of ether oxygens (including phenoxy) is 2. The summed E-state index contributed by atoms with van der Waals surface area (Å²) in [6, 6.07) is 4.90. The smallest absolute Gasteiger partial charge is 0.426 e. The van der Waals surface area contributed by atoms with E-state index in [0.717, 1.165) is 37.8 Å². The highest BCUT2D eigenvalue weighted by Gasteiger charge is 2.31. The molecule has 2 rings (SSSR count). The number of alkyl halides is 3. The van der Waals surface area contributed by atoms with Crippen molar-refractivity contribution in [2.75, 3.05) is 0 Å².